The average molecular weight is 346 g/mol. The van der Waals surface area contributed by atoms with Crippen LogP contribution in [0.2, 0.25) is 0 Å². The molecule has 0 aliphatic heterocycles. The zero-order chi connectivity index (χ0) is 15.2. The van der Waals surface area contributed by atoms with Crippen molar-refractivity contribution in [1.82, 2.24) is 4.98 Å². The highest BCUT2D eigenvalue weighted by Crippen LogP contribution is 2.23. The van der Waals surface area contributed by atoms with Crippen LogP contribution in [0.15, 0.2) is 41.0 Å². The molecular weight excluding hydrogens is 330 g/mol. The van der Waals surface area contributed by atoms with Crippen LogP contribution in [0.4, 0.5) is 5.69 Å². The van der Waals surface area contributed by atoms with Gasteiger partial charge in [-0.2, -0.15) is 5.26 Å². The van der Waals surface area contributed by atoms with Gasteiger partial charge in [0.15, 0.2) is 0 Å². The average Bonchev–Trinajstić information content (AvgIpc) is 2.46. The van der Waals surface area contributed by atoms with Crippen LogP contribution < -0.4 is 10.1 Å². The molecule has 0 aliphatic rings. The van der Waals surface area contributed by atoms with E-state index >= 15 is 0 Å². The summed E-state index contributed by atoms with van der Waals surface area (Å²) in [6, 6.07) is 11.5. The van der Waals surface area contributed by atoms with Crippen LogP contribution in [0.3, 0.4) is 0 Å². The van der Waals surface area contributed by atoms with Gasteiger partial charge in [0.2, 0.25) is 5.88 Å². The Kier molecular flexibility index (Phi) is 5.18. The Morgan fingerprint density at radius 3 is 2.90 bits per heavy atom. The van der Waals surface area contributed by atoms with Crippen LogP contribution in [0.25, 0.3) is 0 Å². The summed E-state index contributed by atoms with van der Waals surface area (Å²) in [4.78, 5) is 4.25. The Balaban J connectivity index is 2.17. The van der Waals surface area contributed by atoms with Crippen molar-refractivity contribution in [2.45, 2.75) is 26.5 Å². The summed E-state index contributed by atoms with van der Waals surface area (Å²) in [5.41, 5.74) is 2.34. The summed E-state index contributed by atoms with van der Waals surface area (Å²) < 4.78 is 6.61. The van der Waals surface area contributed by atoms with Gasteiger partial charge in [0, 0.05) is 22.8 Å². The van der Waals surface area contributed by atoms with Crippen LogP contribution in [0.5, 0.6) is 5.88 Å². The normalized spacial score (nSPS) is 10.2. The zero-order valence-corrected chi connectivity index (χ0v) is 13.5. The van der Waals surface area contributed by atoms with E-state index in [0.29, 0.717) is 18.0 Å². The van der Waals surface area contributed by atoms with E-state index in [-0.39, 0.29) is 6.10 Å². The summed E-state index contributed by atoms with van der Waals surface area (Å²) in [5, 5.41) is 12.4. The first-order chi connectivity index (χ1) is 10.1. The molecule has 2 rings (SSSR count). The molecule has 1 heterocycles. The van der Waals surface area contributed by atoms with E-state index in [1.807, 2.05) is 38.1 Å². The summed E-state index contributed by atoms with van der Waals surface area (Å²) >= 11 is 3.41. The fourth-order valence-corrected chi connectivity index (χ4v) is 2.20. The molecule has 0 saturated carbocycles. The van der Waals surface area contributed by atoms with Gasteiger partial charge in [-0.15, -0.1) is 0 Å². The number of aromatic nitrogens is 1. The lowest BCUT2D eigenvalue weighted by atomic mass is 10.2. The highest BCUT2D eigenvalue weighted by atomic mass is 79.9. The van der Waals surface area contributed by atoms with Crippen LogP contribution in [-0.4, -0.2) is 11.1 Å². The quantitative estimate of drug-likeness (QED) is 0.885. The van der Waals surface area contributed by atoms with Gasteiger partial charge in [0.1, 0.15) is 6.07 Å². The van der Waals surface area contributed by atoms with Crippen LogP contribution in [0.1, 0.15) is 25.0 Å². The first-order valence-electron chi connectivity index (χ1n) is 6.64. The molecule has 0 unspecified atom stereocenters. The number of hydrogen-bond acceptors (Lipinski definition) is 4. The van der Waals surface area contributed by atoms with Crippen molar-refractivity contribution < 1.29 is 4.74 Å². The monoisotopic (exact) mass is 345 g/mol. The largest absolute Gasteiger partial charge is 0.475 e. The minimum Gasteiger partial charge on any atom is -0.475 e. The van der Waals surface area contributed by atoms with E-state index in [2.05, 4.69) is 32.3 Å². The van der Waals surface area contributed by atoms with Gasteiger partial charge in [-0.3, -0.25) is 0 Å². The second-order valence-electron chi connectivity index (χ2n) is 4.79. The minimum atomic E-state index is 0.0687. The van der Waals surface area contributed by atoms with Crippen LogP contribution >= 0.6 is 15.9 Å². The van der Waals surface area contributed by atoms with E-state index in [0.717, 1.165) is 15.7 Å². The smallest absolute Gasteiger partial charge is 0.218 e. The number of halogens is 1. The molecule has 1 N–H and O–H groups in total. The van der Waals surface area contributed by atoms with Gasteiger partial charge in [-0.25, -0.2) is 4.98 Å². The van der Waals surface area contributed by atoms with E-state index in [1.54, 1.807) is 12.3 Å². The van der Waals surface area contributed by atoms with Crippen molar-refractivity contribution in [2.24, 2.45) is 0 Å². The Morgan fingerprint density at radius 2 is 2.19 bits per heavy atom. The number of anilines is 1. The molecule has 0 atom stereocenters. The first-order valence-corrected chi connectivity index (χ1v) is 7.43. The predicted octanol–water partition coefficient (Wildman–Crippen LogP) is 4.12. The standard InChI is InChI=1S/C16H16BrN3O/c1-11(2)21-16-13(4-3-7-19-16)10-20-15-8-14(17)6-5-12(15)9-18/h3-8,11,20H,10H2,1-2H3. The van der Waals surface area contributed by atoms with Crippen molar-refractivity contribution >= 4 is 21.6 Å². The second-order valence-corrected chi connectivity index (χ2v) is 5.71. The second kappa shape index (κ2) is 7.09. The topological polar surface area (TPSA) is 57.9 Å². The maximum Gasteiger partial charge on any atom is 0.218 e. The molecule has 0 amide bonds. The first kappa shape index (κ1) is 15.3. The Hall–Kier alpha value is -2.06. The molecule has 108 valence electrons. The Morgan fingerprint density at radius 1 is 1.38 bits per heavy atom. The third kappa shape index (κ3) is 4.20. The number of benzene rings is 1. The zero-order valence-electron chi connectivity index (χ0n) is 11.9. The van der Waals surface area contributed by atoms with Crippen molar-refractivity contribution in [2.75, 3.05) is 5.32 Å². The van der Waals surface area contributed by atoms with Crippen molar-refractivity contribution in [1.29, 1.82) is 5.26 Å². The van der Waals surface area contributed by atoms with Gasteiger partial charge in [-0.05, 0) is 38.1 Å². The Labute approximate surface area is 132 Å². The summed E-state index contributed by atoms with van der Waals surface area (Å²) in [6.45, 7) is 4.48. The molecule has 21 heavy (non-hydrogen) atoms. The maximum absolute atomic E-state index is 9.14. The number of hydrogen-bond donors (Lipinski definition) is 1. The summed E-state index contributed by atoms with van der Waals surface area (Å²) in [5.74, 6) is 0.619. The number of nitrogens with one attached hydrogen (secondary N) is 1. The molecule has 4 nitrogen and oxygen atoms in total. The molecule has 0 spiro atoms. The fraction of sp³-hybridized carbons (Fsp3) is 0.250. The van der Waals surface area contributed by atoms with Gasteiger partial charge >= 0.3 is 0 Å². The van der Waals surface area contributed by atoms with Crippen molar-refractivity contribution in [3.63, 3.8) is 0 Å². The van der Waals surface area contributed by atoms with Crippen LogP contribution in [-0.2, 0) is 6.54 Å². The van der Waals surface area contributed by atoms with Gasteiger partial charge < -0.3 is 10.1 Å². The summed E-state index contributed by atoms with van der Waals surface area (Å²) in [6.07, 6.45) is 1.78. The van der Waals surface area contributed by atoms with E-state index in [1.165, 1.54) is 0 Å². The predicted molar refractivity (Wildman–Crippen MR) is 86.2 cm³/mol. The molecule has 5 heteroatoms. The number of pyridine rings is 1. The number of ether oxygens (including phenoxy) is 1. The molecule has 0 saturated heterocycles. The van der Waals surface area contributed by atoms with Crippen molar-refractivity contribution in [3.8, 4) is 11.9 Å². The number of rotatable bonds is 5. The molecule has 1 aromatic carbocycles. The number of nitriles is 1. The molecule has 0 fully saturated rings. The van der Waals surface area contributed by atoms with Crippen molar-refractivity contribution in [3.05, 3.63) is 52.1 Å². The van der Waals surface area contributed by atoms with E-state index in [4.69, 9.17) is 10.00 Å². The molecule has 2 aromatic rings. The van der Waals surface area contributed by atoms with E-state index < -0.39 is 0 Å². The highest BCUT2D eigenvalue weighted by Gasteiger charge is 2.08. The van der Waals surface area contributed by atoms with Crippen LogP contribution in [0, 0.1) is 11.3 Å². The van der Waals surface area contributed by atoms with Gasteiger partial charge in [0.05, 0.1) is 17.4 Å². The van der Waals surface area contributed by atoms with E-state index in [9.17, 15) is 0 Å². The third-order valence-electron chi connectivity index (χ3n) is 2.77. The third-order valence-corrected chi connectivity index (χ3v) is 3.26. The SMILES string of the molecule is CC(C)Oc1ncccc1CNc1cc(Br)ccc1C#N. The lowest BCUT2D eigenvalue weighted by Gasteiger charge is -2.14. The summed E-state index contributed by atoms with van der Waals surface area (Å²) in [7, 11) is 0. The lowest BCUT2D eigenvalue weighted by Crippen LogP contribution is -2.11. The molecule has 0 bridgehead atoms. The lowest BCUT2D eigenvalue weighted by molar-refractivity contribution is 0.230. The molecular formula is C16H16BrN3O. The van der Waals surface area contributed by atoms with Gasteiger partial charge in [-0.1, -0.05) is 22.0 Å². The maximum atomic E-state index is 9.14. The minimum absolute atomic E-state index is 0.0687. The van der Waals surface area contributed by atoms with Gasteiger partial charge in [0.25, 0.3) is 0 Å². The Bertz CT molecular complexity index is 665. The number of nitrogens with zero attached hydrogens (tertiary/aromatic N) is 2. The fourth-order valence-electron chi connectivity index (χ4n) is 1.84. The molecule has 0 radical (unpaired) electrons. The highest BCUT2D eigenvalue weighted by molar-refractivity contribution is 9.10. The molecule has 0 aliphatic carbocycles. The molecule has 1 aromatic heterocycles.